The summed E-state index contributed by atoms with van der Waals surface area (Å²) in [7, 11) is 0. The fourth-order valence-corrected chi connectivity index (χ4v) is 4.50. The number of amidine groups is 1. The molecule has 0 amide bonds. The van der Waals surface area contributed by atoms with Crippen LogP contribution in [0.5, 0.6) is 5.75 Å². The number of pyridine rings is 1. The van der Waals surface area contributed by atoms with Gasteiger partial charge in [-0.2, -0.15) is 9.49 Å². The van der Waals surface area contributed by atoms with E-state index < -0.39 is 5.95 Å². The van der Waals surface area contributed by atoms with Gasteiger partial charge in [-0.25, -0.2) is 14.5 Å². The molecule has 5 rings (SSSR count). The number of nitrogens with zero attached hydrogens (tertiary/aromatic N) is 4. The summed E-state index contributed by atoms with van der Waals surface area (Å²) in [5.41, 5.74) is 11.4. The molecule has 0 radical (unpaired) electrons. The first kappa shape index (κ1) is 22.8. The van der Waals surface area contributed by atoms with Crippen LogP contribution in [0.15, 0.2) is 60.0 Å². The van der Waals surface area contributed by atoms with Crippen molar-refractivity contribution in [2.75, 3.05) is 18.4 Å². The van der Waals surface area contributed by atoms with Gasteiger partial charge >= 0.3 is 0 Å². The Labute approximate surface area is 202 Å². The molecule has 35 heavy (non-hydrogen) atoms. The average molecular weight is 474 g/mol. The number of benzene rings is 1. The standard InChI is InChI=1S/C26H28FN7O/c1-2-16-11-19(35)7-8-22(16)33-26(28)21-14-32-34-15-17(20-6-4-10-30-25(20)27)12-23(34)24(21)31-13-18-5-3-9-29-18/h4,6-8,10-12,14-15,18,29,31,35H,2-3,5,9,13H2,1H3,(H2,28,33). The molecule has 180 valence electrons. The van der Waals surface area contributed by atoms with Crippen molar-refractivity contribution in [2.24, 2.45) is 10.7 Å². The molecule has 1 aromatic carbocycles. The number of halogens is 1. The van der Waals surface area contributed by atoms with Crippen molar-refractivity contribution in [3.8, 4) is 16.9 Å². The summed E-state index contributed by atoms with van der Waals surface area (Å²) in [6, 6.07) is 10.7. The Morgan fingerprint density at radius 3 is 3.00 bits per heavy atom. The second-order valence-electron chi connectivity index (χ2n) is 8.67. The van der Waals surface area contributed by atoms with Crippen LogP contribution in [-0.4, -0.2) is 44.7 Å². The molecule has 1 aliphatic heterocycles. The second kappa shape index (κ2) is 9.71. The highest BCUT2D eigenvalue weighted by Gasteiger charge is 2.19. The van der Waals surface area contributed by atoms with Crippen LogP contribution in [-0.2, 0) is 6.42 Å². The number of aryl methyl sites for hydroxylation is 1. The van der Waals surface area contributed by atoms with Crippen LogP contribution in [0.1, 0.15) is 30.9 Å². The Balaban J connectivity index is 1.60. The summed E-state index contributed by atoms with van der Waals surface area (Å²) in [5.74, 6) is -0.0383. The number of phenolic OH excluding ortho intramolecular Hbond substituents is 1. The molecular weight excluding hydrogens is 445 g/mol. The summed E-state index contributed by atoms with van der Waals surface area (Å²) in [4.78, 5) is 8.45. The van der Waals surface area contributed by atoms with Crippen molar-refractivity contribution in [1.82, 2.24) is 19.9 Å². The van der Waals surface area contributed by atoms with Gasteiger partial charge < -0.3 is 21.5 Å². The number of aromatic hydroxyl groups is 1. The summed E-state index contributed by atoms with van der Waals surface area (Å²) >= 11 is 0. The van der Waals surface area contributed by atoms with E-state index in [0.29, 0.717) is 47.2 Å². The average Bonchev–Trinajstić information content (AvgIpc) is 3.53. The monoisotopic (exact) mass is 473 g/mol. The SMILES string of the molecule is CCc1cc(O)ccc1N=C(N)c1cnn2cc(-c3cccnc3F)cc2c1NCC1CCCN1. The van der Waals surface area contributed by atoms with Gasteiger partial charge in [0.25, 0.3) is 0 Å². The number of fused-ring (bicyclic) bond motifs is 1. The highest BCUT2D eigenvalue weighted by atomic mass is 19.1. The molecule has 1 atom stereocenters. The minimum atomic E-state index is -0.534. The number of rotatable bonds is 7. The molecule has 0 bridgehead atoms. The topological polar surface area (TPSA) is 113 Å². The van der Waals surface area contributed by atoms with Gasteiger partial charge in [0.2, 0.25) is 5.95 Å². The van der Waals surface area contributed by atoms with Gasteiger partial charge in [0.1, 0.15) is 11.6 Å². The van der Waals surface area contributed by atoms with Gasteiger partial charge in [0.05, 0.1) is 28.7 Å². The van der Waals surface area contributed by atoms with Crippen molar-refractivity contribution in [2.45, 2.75) is 32.2 Å². The summed E-state index contributed by atoms with van der Waals surface area (Å²) in [5, 5.41) is 21.4. The molecule has 8 nitrogen and oxygen atoms in total. The fraction of sp³-hybridized carbons (Fsp3) is 0.269. The van der Waals surface area contributed by atoms with Crippen LogP contribution in [0.25, 0.3) is 16.6 Å². The lowest BCUT2D eigenvalue weighted by atomic mass is 10.1. The van der Waals surface area contributed by atoms with Crippen molar-refractivity contribution < 1.29 is 9.50 Å². The quantitative estimate of drug-likeness (QED) is 0.183. The van der Waals surface area contributed by atoms with Gasteiger partial charge in [0.15, 0.2) is 0 Å². The number of nitrogens with two attached hydrogens (primary N) is 1. The molecule has 0 spiro atoms. The number of nitrogens with one attached hydrogen (secondary N) is 2. The first-order valence-corrected chi connectivity index (χ1v) is 11.8. The molecule has 0 saturated carbocycles. The zero-order chi connectivity index (χ0) is 24.4. The van der Waals surface area contributed by atoms with Crippen LogP contribution in [0.2, 0.25) is 0 Å². The molecule has 1 unspecified atom stereocenters. The van der Waals surface area contributed by atoms with Crippen LogP contribution >= 0.6 is 0 Å². The van der Waals surface area contributed by atoms with E-state index in [0.717, 1.165) is 36.2 Å². The normalized spacial score (nSPS) is 16.2. The fourth-order valence-electron chi connectivity index (χ4n) is 4.50. The number of anilines is 1. The van der Waals surface area contributed by atoms with Gasteiger partial charge in [0, 0.05) is 36.1 Å². The number of aliphatic imine (C=N–C) groups is 1. The number of phenols is 1. The maximum Gasteiger partial charge on any atom is 0.220 e. The number of hydrogen-bond donors (Lipinski definition) is 4. The third kappa shape index (κ3) is 4.67. The first-order chi connectivity index (χ1) is 17.0. The molecule has 4 heterocycles. The molecule has 1 fully saturated rings. The highest BCUT2D eigenvalue weighted by Crippen LogP contribution is 2.31. The molecule has 4 aromatic rings. The van der Waals surface area contributed by atoms with Crippen molar-refractivity contribution >= 4 is 22.7 Å². The number of hydrogen-bond acceptors (Lipinski definition) is 6. The lowest BCUT2D eigenvalue weighted by Gasteiger charge is -2.17. The van der Waals surface area contributed by atoms with E-state index in [1.165, 1.54) is 6.20 Å². The maximum atomic E-state index is 14.4. The van der Waals surface area contributed by atoms with Crippen LogP contribution in [0.4, 0.5) is 15.8 Å². The zero-order valence-corrected chi connectivity index (χ0v) is 19.5. The van der Waals surface area contributed by atoms with Crippen molar-refractivity contribution in [3.05, 3.63) is 72.1 Å². The largest absolute Gasteiger partial charge is 0.508 e. The molecule has 1 aliphatic rings. The Hall–Kier alpha value is -3.98. The lowest BCUT2D eigenvalue weighted by molar-refractivity contribution is 0.474. The molecule has 1 saturated heterocycles. The van der Waals surface area contributed by atoms with E-state index in [1.807, 2.05) is 13.0 Å². The Morgan fingerprint density at radius 1 is 1.34 bits per heavy atom. The van der Waals surface area contributed by atoms with Crippen LogP contribution in [0.3, 0.4) is 0 Å². The third-order valence-corrected chi connectivity index (χ3v) is 6.36. The lowest BCUT2D eigenvalue weighted by Crippen LogP contribution is -2.30. The third-order valence-electron chi connectivity index (χ3n) is 6.36. The molecule has 9 heteroatoms. The summed E-state index contributed by atoms with van der Waals surface area (Å²) in [6.45, 7) is 3.71. The molecule has 3 aromatic heterocycles. The van der Waals surface area contributed by atoms with Crippen LogP contribution in [0, 0.1) is 5.95 Å². The smallest absolute Gasteiger partial charge is 0.220 e. The van der Waals surface area contributed by atoms with E-state index in [2.05, 4.69) is 25.7 Å². The molecule has 5 N–H and O–H groups in total. The van der Waals surface area contributed by atoms with Crippen molar-refractivity contribution in [3.63, 3.8) is 0 Å². The molecule has 0 aliphatic carbocycles. The van der Waals surface area contributed by atoms with E-state index >= 15 is 0 Å². The Kier molecular flexibility index (Phi) is 6.33. The van der Waals surface area contributed by atoms with Gasteiger partial charge in [-0.05, 0) is 67.8 Å². The van der Waals surface area contributed by atoms with Gasteiger partial charge in [-0.3, -0.25) is 0 Å². The Morgan fingerprint density at radius 2 is 2.23 bits per heavy atom. The molecular formula is C26H28FN7O. The second-order valence-corrected chi connectivity index (χ2v) is 8.67. The van der Waals surface area contributed by atoms with E-state index in [9.17, 15) is 9.50 Å². The van der Waals surface area contributed by atoms with E-state index in [1.54, 1.807) is 47.2 Å². The highest BCUT2D eigenvalue weighted by molar-refractivity contribution is 6.06. The predicted molar refractivity (Wildman–Crippen MR) is 136 cm³/mol. The van der Waals surface area contributed by atoms with Gasteiger partial charge in [-0.1, -0.05) is 6.92 Å². The zero-order valence-electron chi connectivity index (χ0n) is 19.5. The van der Waals surface area contributed by atoms with E-state index in [-0.39, 0.29) is 5.75 Å². The minimum absolute atomic E-state index is 0.192. The summed E-state index contributed by atoms with van der Waals surface area (Å²) < 4.78 is 16.1. The first-order valence-electron chi connectivity index (χ1n) is 11.8. The minimum Gasteiger partial charge on any atom is -0.508 e. The summed E-state index contributed by atoms with van der Waals surface area (Å²) in [6.07, 6.45) is 7.82. The predicted octanol–water partition coefficient (Wildman–Crippen LogP) is 4.00. The van der Waals surface area contributed by atoms with Gasteiger partial charge in [-0.15, -0.1) is 0 Å². The Bertz CT molecular complexity index is 1390. The van der Waals surface area contributed by atoms with Crippen LogP contribution < -0.4 is 16.4 Å². The maximum absolute atomic E-state index is 14.4. The number of aromatic nitrogens is 3. The van der Waals surface area contributed by atoms with E-state index in [4.69, 9.17) is 5.73 Å². The van der Waals surface area contributed by atoms with Crippen molar-refractivity contribution in [1.29, 1.82) is 0 Å².